The van der Waals surface area contributed by atoms with Crippen molar-refractivity contribution in [3.63, 3.8) is 0 Å². The van der Waals surface area contributed by atoms with E-state index in [1.165, 1.54) is 0 Å². The maximum atomic E-state index is 9.95. The van der Waals surface area contributed by atoms with E-state index in [1.807, 2.05) is 0 Å². The van der Waals surface area contributed by atoms with Crippen molar-refractivity contribution in [3.05, 3.63) is 0 Å². The van der Waals surface area contributed by atoms with Crippen LogP contribution in [0, 0.1) is 0 Å². The van der Waals surface area contributed by atoms with Crippen molar-refractivity contribution < 1.29 is 14.6 Å². The Hall–Kier alpha value is -0.280. The Morgan fingerprint density at radius 2 is 2.50 bits per heavy atom. The Morgan fingerprint density at radius 1 is 1.88 bits per heavy atom. The molecule has 0 aromatic heterocycles. The van der Waals surface area contributed by atoms with Crippen LogP contribution in [0.3, 0.4) is 0 Å². The van der Waals surface area contributed by atoms with Crippen LogP contribution in [0.5, 0.6) is 0 Å². The highest BCUT2D eigenvalue weighted by molar-refractivity contribution is 6.18. The maximum absolute atomic E-state index is 9.95. The number of ether oxygens (including phenoxy) is 1. The molecule has 0 unspecified atom stereocenters. The second kappa shape index (κ2) is 1.91. The molecule has 8 heavy (non-hydrogen) atoms. The number of halogens is 1. The number of hydrogen-bond donors (Lipinski definition) is 1. The summed E-state index contributed by atoms with van der Waals surface area (Å²) in [6.07, 6.45) is -0.873. The number of carboxylic acid groups (broad SMARTS) is 1. The first-order chi connectivity index (χ1) is 3.75. The molecular formula is C4H5ClO3. The molecule has 0 aliphatic carbocycles. The van der Waals surface area contributed by atoms with Crippen LogP contribution in [0.25, 0.3) is 0 Å². The maximum Gasteiger partial charge on any atom is 0.335 e. The minimum Gasteiger partial charge on any atom is -0.479 e. The number of carboxylic acids is 1. The molecule has 46 valence electrons. The summed E-state index contributed by atoms with van der Waals surface area (Å²) in [6, 6.07) is 0. The van der Waals surface area contributed by atoms with E-state index in [-0.39, 0.29) is 12.0 Å². The van der Waals surface area contributed by atoms with Gasteiger partial charge in [-0.15, -0.1) is 11.6 Å². The molecule has 2 atom stereocenters. The van der Waals surface area contributed by atoms with Gasteiger partial charge in [0, 0.05) is 0 Å². The van der Waals surface area contributed by atoms with Gasteiger partial charge in [-0.1, -0.05) is 0 Å². The normalized spacial score (nSPS) is 34.6. The quantitative estimate of drug-likeness (QED) is 0.432. The predicted octanol–water partition coefficient (Wildman–Crippen LogP) is 0.0772. The Balaban J connectivity index is 2.26. The zero-order chi connectivity index (χ0) is 6.15. The Bertz CT molecular complexity index is 114. The van der Waals surface area contributed by atoms with E-state index in [0.717, 1.165) is 0 Å². The third kappa shape index (κ3) is 0.928. The monoisotopic (exact) mass is 136 g/mol. The number of aliphatic carboxylic acids is 1. The van der Waals surface area contributed by atoms with Crippen LogP contribution in [0.15, 0.2) is 0 Å². The molecule has 3 nitrogen and oxygen atoms in total. The van der Waals surface area contributed by atoms with Gasteiger partial charge in [0.15, 0.2) is 6.10 Å². The highest BCUT2D eigenvalue weighted by Crippen LogP contribution is 2.22. The van der Waals surface area contributed by atoms with Gasteiger partial charge in [0.2, 0.25) is 0 Å². The summed E-state index contributed by atoms with van der Waals surface area (Å²) >= 11 is 5.25. The lowest BCUT2D eigenvalue weighted by Crippen LogP contribution is -2.08. The molecule has 0 spiro atoms. The SMILES string of the molecule is O=C(O)[C@H]1O[C@@H]1CCl. The molecule has 1 fully saturated rings. The summed E-state index contributed by atoms with van der Waals surface area (Å²) in [5.74, 6) is -0.646. The molecule has 4 heteroatoms. The Morgan fingerprint density at radius 3 is 2.62 bits per heavy atom. The molecule has 0 amide bonds. The lowest BCUT2D eigenvalue weighted by molar-refractivity contribution is -0.138. The van der Waals surface area contributed by atoms with Crippen LogP contribution >= 0.6 is 11.6 Å². The number of hydrogen-bond acceptors (Lipinski definition) is 2. The van der Waals surface area contributed by atoms with Crippen LogP contribution < -0.4 is 0 Å². The summed E-state index contributed by atoms with van der Waals surface area (Å²) in [5, 5.41) is 8.17. The van der Waals surface area contributed by atoms with Gasteiger partial charge in [-0.25, -0.2) is 4.79 Å². The van der Waals surface area contributed by atoms with Gasteiger partial charge in [0.1, 0.15) is 6.10 Å². The smallest absolute Gasteiger partial charge is 0.335 e. The molecule has 1 N–H and O–H groups in total. The lowest BCUT2D eigenvalue weighted by atomic mass is 10.3. The first-order valence-electron chi connectivity index (χ1n) is 2.20. The van der Waals surface area contributed by atoms with Crippen LogP contribution in [-0.4, -0.2) is 29.2 Å². The Labute approximate surface area is 51.2 Å². The first kappa shape index (κ1) is 5.85. The fourth-order valence-corrected chi connectivity index (χ4v) is 0.712. The van der Waals surface area contributed by atoms with Crippen molar-refractivity contribution in [2.45, 2.75) is 12.2 Å². The first-order valence-corrected chi connectivity index (χ1v) is 2.73. The number of epoxide rings is 1. The molecule has 0 aromatic carbocycles. The topological polar surface area (TPSA) is 49.8 Å². The third-order valence-corrected chi connectivity index (χ3v) is 1.28. The molecular weight excluding hydrogens is 131 g/mol. The zero-order valence-electron chi connectivity index (χ0n) is 4.00. The van der Waals surface area contributed by atoms with E-state index >= 15 is 0 Å². The third-order valence-electron chi connectivity index (χ3n) is 0.978. The van der Waals surface area contributed by atoms with E-state index in [1.54, 1.807) is 0 Å². The van der Waals surface area contributed by atoms with Gasteiger partial charge in [0.25, 0.3) is 0 Å². The van der Waals surface area contributed by atoms with Crippen molar-refractivity contribution in [1.82, 2.24) is 0 Å². The van der Waals surface area contributed by atoms with Crippen LogP contribution in [-0.2, 0) is 9.53 Å². The fourth-order valence-electron chi connectivity index (χ4n) is 0.477. The molecule has 0 aromatic rings. The molecule has 1 rings (SSSR count). The number of rotatable bonds is 2. The summed E-state index contributed by atoms with van der Waals surface area (Å²) in [6.45, 7) is 0. The van der Waals surface area contributed by atoms with Crippen molar-refractivity contribution in [2.24, 2.45) is 0 Å². The number of carbonyl (C=O) groups is 1. The van der Waals surface area contributed by atoms with Crippen LogP contribution in [0.4, 0.5) is 0 Å². The summed E-state index contributed by atoms with van der Waals surface area (Å²) in [4.78, 5) is 9.95. The zero-order valence-corrected chi connectivity index (χ0v) is 4.76. The molecule has 1 saturated heterocycles. The molecule has 1 aliphatic rings. The largest absolute Gasteiger partial charge is 0.479 e. The van der Waals surface area contributed by atoms with Crippen molar-refractivity contribution in [3.8, 4) is 0 Å². The van der Waals surface area contributed by atoms with Gasteiger partial charge in [-0.2, -0.15) is 0 Å². The molecule has 0 saturated carbocycles. The van der Waals surface area contributed by atoms with Crippen LogP contribution in [0.2, 0.25) is 0 Å². The highest BCUT2D eigenvalue weighted by Gasteiger charge is 2.44. The van der Waals surface area contributed by atoms with E-state index in [2.05, 4.69) is 4.74 Å². The molecule has 1 heterocycles. The average Bonchev–Trinajstić information content (AvgIpc) is 2.42. The van der Waals surface area contributed by atoms with Crippen molar-refractivity contribution in [2.75, 3.05) is 5.88 Å². The van der Waals surface area contributed by atoms with Gasteiger partial charge in [0.05, 0.1) is 5.88 Å². The second-order valence-electron chi connectivity index (χ2n) is 1.59. The summed E-state index contributed by atoms with van der Waals surface area (Å²) in [5.41, 5.74) is 0. The average molecular weight is 137 g/mol. The summed E-state index contributed by atoms with van der Waals surface area (Å²) < 4.78 is 4.60. The van der Waals surface area contributed by atoms with E-state index in [4.69, 9.17) is 16.7 Å². The van der Waals surface area contributed by atoms with E-state index in [9.17, 15) is 4.79 Å². The fraction of sp³-hybridized carbons (Fsp3) is 0.750. The highest BCUT2D eigenvalue weighted by atomic mass is 35.5. The molecule has 1 aliphatic heterocycles. The van der Waals surface area contributed by atoms with Crippen molar-refractivity contribution in [1.29, 1.82) is 0 Å². The van der Waals surface area contributed by atoms with Crippen molar-refractivity contribution >= 4 is 17.6 Å². The lowest BCUT2D eigenvalue weighted by Gasteiger charge is -1.77. The number of alkyl halides is 1. The van der Waals surface area contributed by atoms with Crippen LogP contribution in [0.1, 0.15) is 0 Å². The Kier molecular flexibility index (Phi) is 1.40. The second-order valence-corrected chi connectivity index (χ2v) is 1.90. The van der Waals surface area contributed by atoms with E-state index in [0.29, 0.717) is 0 Å². The summed E-state index contributed by atoms with van der Waals surface area (Å²) in [7, 11) is 0. The molecule has 0 radical (unpaired) electrons. The predicted molar refractivity (Wildman–Crippen MR) is 27.0 cm³/mol. The van der Waals surface area contributed by atoms with Gasteiger partial charge in [-0.05, 0) is 0 Å². The standard InChI is InChI=1S/C4H5ClO3/c5-1-2-3(8-2)4(6)7/h2-3H,1H2,(H,6,7)/t2-,3+/m1/s1. The minimum absolute atomic E-state index is 0.242. The minimum atomic E-state index is -0.921. The van der Waals surface area contributed by atoms with Gasteiger partial charge < -0.3 is 9.84 Å². The van der Waals surface area contributed by atoms with Gasteiger partial charge >= 0.3 is 5.97 Å². The van der Waals surface area contributed by atoms with E-state index < -0.39 is 12.1 Å². The van der Waals surface area contributed by atoms with Gasteiger partial charge in [-0.3, -0.25) is 0 Å². The molecule has 0 bridgehead atoms.